The first-order chi connectivity index (χ1) is 12.9. The van der Waals surface area contributed by atoms with Crippen molar-refractivity contribution in [1.29, 1.82) is 0 Å². The van der Waals surface area contributed by atoms with Gasteiger partial charge in [0.25, 0.3) is 0 Å². The predicted molar refractivity (Wildman–Crippen MR) is 106 cm³/mol. The summed E-state index contributed by atoms with van der Waals surface area (Å²) in [7, 11) is 0. The fourth-order valence-electron chi connectivity index (χ4n) is 3.09. The van der Waals surface area contributed by atoms with E-state index in [-0.39, 0.29) is 11.4 Å². The summed E-state index contributed by atoms with van der Waals surface area (Å²) in [5.74, 6) is -1.33. The zero-order valence-electron chi connectivity index (χ0n) is 15.4. The summed E-state index contributed by atoms with van der Waals surface area (Å²) < 4.78 is 13.1. The van der Waals surface area contributed by atoms with Crippen LogP contribution in [0.5, 0.6) is 0 Å². The van der Waals surface area contributed by atoms with Gasteiger partial charge in [-0.15, -0.1) is 0 Å². The lowest BCUT2D eigenvalue weighted by Gasteiger charge is -2.13. The Hall–Kier alpha value is -3.14. The normalized spacial score (nSPS) is 10.6. The van der Waals surface area contributed by atoms with Gasteiger partial charge >= 0.3 is 5.97 Å². The molecule has 0 bridgehead atoms. The maximum Gasteiger partial charge on any atom is 0.337 e. The minimum atomic E-state index is -0.999. The summed E-state index contributed by atoms with van der Waals surface area (Å²) in [5.41, 5.74) is 6.25. The summed E-state index contributed by atoms with van der Waals surface area (Å²) in [6.07, 6.45) is 1.69. The van der Waals surface area contributed by atoms with Gasteiger partial charge in [-0.25, -0.2) is 9.18 Å². The third kappa shape index (κ3) is 4.53. The third-order valence-electron chi connectivity index (χ3n) is 4.84. The molecule has 3 aromatic rings. The summed E-state index contributed by atoms with van der Waals surface area (Å²) in [6, 6.07) is 17.5. The van der Waals surface area contributed by atoms with Crippen molar-refractivity contribution in [2.75, 3.05) is 5.32 Å². The first-order valence-electron chi connectivity index (χ1n) is 8.88. The van der Waals surface area contributed by atoms with E-state index in [2.05, 4.69) is 37.4 Å². The van der Waals surface area contributed by atoms with E-state index in [0.717, 1.165) is 18.4 Å². The maximum absolute atomic E-state index is 13.1. The van der Waals surface area contributed by atoms with E-state index < -0.39 is 5.97 Å². The Morgan fingerprint density at radius 3 is 2.44 bits per heavy atom. The molecule has 0 saturated heterocycles. The van der Waals surface area contributed by atoms with Crippen molar-refractivity contribution in [3.8, 4) is 0 Å². The second-order valence-electron chi connectivity index (χ2n) is 6.68. The Balaban J connectivity index is 1.83. The Kier molecular flexibility index (Phi) is 5.55. The van der Waals surface area contributed by atoms with E-state index in [1.807, 2.05) is 12.1 Å². The van der Waals surface area contributed by atoms with Crippen molar-refractivity contribution < 1.29 is 14.3 Å². The number of nitrogens with one attached hydrogen (secondary N) is 1. The molecule has 0 fully saturated rings. The van der Waals surface area contributed by atoms with Crippen LogP contribution in [-0.2, 0) is 12.8 Å². The number of benzene rings is 3. The molecule has 0 aliphatic rings. The fourth-order valence-corrected chi connectivity index (χ4v) is 3.09. The Bertz CT molecular complexity index is 965. The maximum atomic E-state index is 13.1. The average molecular weight is 363 g/mol. The first-order valence-corrected chi connectivity index (χ1v) is 8.88. The van der Waals surface area contributed by atoms with Crippen LogP contribution >= 0.6 is 0 Å². The fraction of sp³-hybridized carbons (Fsp3) is 0.174. The topological polar surface area (TPSA) is 49.3 Å². The highest BCUT2D eigenvalue weighted by Gasteiger charge is 2.12. The van der Waals surface area contributed by atoms with Gasteiger partial charge < -0.3 is 10.4 Å². The van der Waals surface area contributed by atoms with Crippen LogP contribution in [0.2, 0.25) is 0 Å². The molecule has 0 saturated carbocycles. The zero-order valence-corrected chi connectivity index (χ0v) is 15.4. The average Bonchev–Trinajstić information content (AvgIpc) is 2.65. The Morgan fingerprint density at radius 2 is 1.74 bits per heavy atom. The molecule has 0 unspecified atom stereocenters. The summed E-state index contributed by atoms with van der Waals surface area (Å²) in [5, 5.41) is 12.5. The van der Waals surface area contributed by atoms with Gasteiger partial charge in [0.15, 0.2) is 0 Å². The molecule has 0 aromatic heterocycles. The molecular formula is C23H22FNO2. The second kappa shape index (κ2) is 8.04. The van der Waals surface area contributed by atoms with Crippen LogP contribution in [0.15, 0.2) is 60.7 Å². The third-order valence-corrected chi connectivity index (χ3v) is 4.84. The number of hydrogen-bond donors (Lipinski definition) is 2. The number of halogens is 1. The molecule has 0 aliphatic heterocycles. The smallest absolute Gasteiger partial charge is 0.337 e. The molecule has 0 heterocycles. The molecule has 0 radical (unpaired) electrons. The number of aromatic carboxylic acids is 1. The van der Waals surface area contributed by atoms with Gasteiger partial charge in [-0.2, -0.15) is 0 Å². The molecule has 0 aliphatic carbocycles. The summed E-state index contributed by atoms with van der Waals surface area (Å²) in [6.45, 7) is 4.23. The van der Waals surface area contributed by atoms with Crippen LogP contribution in [0.3, 0.4) is 0 Å². The van der Waals surface area contributed by atoms with Crippen LogP contribution in [-0.4, -0.2) is 11.1 Å². The summed E-state index contributed by atoms with van der Waals surface area (Å²) in [4.78, 5) is 11.5. The van der Waals surface area contributed by atoms with Gasteiger partial charge in [-0.05, 0) is 85.3 Å². The van der Waals surface area contributed by atoms with Crippen LogP contribution in [0.1, 0.15) is 32.6 Å². The van der Waals surface area contributed by atoms with E-state index >= 15 is 0 Å². The van der Waals surface area contributed by atoms with E-state index in [1.165, 1.54) is 28.8 Å². The molecule has 3 nitrogen and oxygen atoms in total. The SMILES string of the molecule is Cc1cccc(CCc2ccc(C(=O)O)c(Nc3ccc(F)cc3)c2)c1C. The number of anilines is 2. The predicted octanol–water partition coefficient (Wildman–Crippen LogP) is 5.67. The van der Waals surface area contributed by atoms with E-state index in [0.29, 0.717) is 11.4 Å². The first kappa shape index (κ1) is 18.6. The summed E-state index contributed by atoms with van der Waals surface area (Å²) >= 11 is 0. The van der Waals surface area contributed by atoms with Crippen molar-refractivity contribution >= 4 is 17.3 Å². The van der Waals surface area contributed by atoms with Crippen molar-refractivity contribution in [3.63, 3.8) is 0 Å². The van der Waals surface area contributed by atoms with E-state index in [9.17, 15) is 14.3 Å². The van der Waals surface area contributed by atoms with Crippen molar-refractivity contribution in [3.05, 3.63) is 94.3 Å². The van der Waals surface area contributed by atoms with Crippen molar-refractivity contribution in [2.45, 2.75) is 26.7 Å². The second-order valence-corrected chi connectivity index (χ2v) is 6.68. The van der Waals surface area contributed by atoms with Crippen LogP contribution in [0.4, 0.5) is 15.8 Å². The number of carboxylic acids is 1. The minimum Gasteiger partial charge on any atom is -0.478 e. The highest BCUT2D eigenvalue weighted by molar-refractivity contribution is 5.95. The molecule has 2 N–H and O–H groups in total. The van der Waals surface area contributed by atoms with Gasteiger partial charge in [0, 0.05) is 5.69 Å². The molecule has 138 valence electrons. The molecular weight excluding hydrogens is 341 g/mol. The largest absolute Gasteiger partial charge is 0.478 e. The molecule has 3 aromatic carbocycles. The Morgan fingerprint density at radius 1 is 1.00 bits per heavy atom. The zero-order chi connectivity index (χ0) is 19.4. The molecule has 0 spiro atoms. The molecule has 4 heteroatoms. The lowest BCUT2D eigenvalue weighted by atomic mass is 9.97. The van der Waals surface area contributed by atoms with Crippen molar-refractivity contribution in [1.82, 2.24) is 0 Å². The van der Waals surface area contributed by atoms with Crippen LogP contribution in [0.25, 0.3) is 0 Å². The number of hydrogen-bond acceptors (Lipinski definition) is 2. The Labute approximate surface area is 158 Å². The van der Waals surface area contributed by atoms with Gasteiger partial charge in [0.2, 0.25) is 0 Å². The molecule has 27 heavy (non-hydrogen) atoms. The quantitative estimate of drug-likeness (QED) is 0.593. The number of carboxylic acid groups (broad SMARTS) is 1. The highest BCUT2D eigenvalue weighted by atomic mass is 19.1. The van der Waals surface area contributed by atoms with Gasteiger partial charge in [-0.1, -0.05) is 24.3 Å². The number of aryl methyl sites for hydroxylation is 3. The van der Waals surface area contributed by atoms with Gasteiger partial charge in [0.05, 0.1) is 11.3 Å². The van der Waals surface area contributed by atoms with Gasteiger partial charge in [0.1, 0.15) is 5.82 Å². The lowest BCUT2D eigenvalue weighted by molar-refractivity contribution is 0.0698. The lowest BCUT2D eigenvalue weighted by Crippen LogP contribution is -2.04. The molecule has 0 amide bonds. The monoisotopic (exact) mass is 363 g/mol. The van der Waals surface area contributed by atoms with Crippen molar-refractivity contribution in [2.24, 2.45) is 0 Å². The standard InChI is InChI=1S/C23H22FNO2/c1-15-4-3-5-18(16(15)2)8-6-17-7-13-21(23(26)27)22(14-17)25-20-11-9-19(24)10-12-20/h3-5,7,9-14,25H,6,8H2,1-2H3,(H,26,27). The van der Waals surface area contributed by atoms with Crippen LogP contribution < -0.4 is 5.32 Å². The van der Waals surface area contributed by atoms with E-state index in [4.69, 9.17) is 0 Å². The van der Waals surface area contributed by atoms with Gasteiger partial charge in [-0.3, -0.25) is 0 Å². The van der Waals surface area contributed by atoms with E-state index in [1.54, 1.807) is 18.2 Å². The number of carbonyl (C=O) groups is 1. The number of rotatable bonds is 6. The molecule has 0 atom stereocenters. The molecule has 3 rings (SSSR count). The van der Waals surface area contributed by atoms with Crippen LogP contribution in [0, 0.1) is 19.7 Å². The highest BCUT2D eigenvalue weighted by Crippen LogP contribution is 2.24. The minimum absolute atomic E-state index is 0.190.